The van der Waals surface area contributed by atoms with Crippen LogP contribution >= 0.6 is 15.9 Å². The number of nitrogens with zero attached hydrogens (tertiary/aromatic N) is 2. The molecule has 2 rings (SSSR count). The van der Waals surface area contributed by atoms with Crippen LogP contribution in [0.4, 0.5) is 16.3 Å². The van der Waals surface area contributed by atoms with Crippen molar-refractivity contribution in [2.45, 2.75) is 20.8 Å². The molecule has 7 nitrogen and oxygen atoms in total. The lowest BCUT2D eigenvalue weighted by molar-refractivity contribution is -0.116. The summed E-state index contributed by atoms with van der Waals surface area (Å²) in [5.41, 5.74) is 0.653. The van der Waals surface area contributed by atoms with Crippen LogP contribution in [-0.2, 0) is 4.79 Å². The van der Waals surface area contributed by atoms with Gasteiger partial charge in [0.05, 0.1) is 0 Å². The molecule has 0 fully saturated rings. The van der Waals surface area contributed by atoms with Crippen LogP contribution in [0, 0.1) is 12.8 Å². The first-order valence-corrected chi connectivity index (χ1v) is 8.67. The number of halogens is 1. The molecule has 0 unspecified atom stereocenters. The summed E-state index contributed by atoms with van der Waals surface area (Å²) >= 11 is 3.36. The van der Waals surface area contributed by atoms with Gasteiger partial charge in [-0.1, -0.05) is 41.0 Å². The summed E-state index contributed by atoms with van der Waals surface area (Å²) in [5.74, 6) is 0.815. The Balaban J connectivity index is 2.01. The van der Waals surface area contributed by atoms with Gasteiger partial charge in [0.1, 0.15) is 12.3 Å². The van der Waals surface area contributed by atoms with Crippen molar-refractivity contribution in [2.75, 3.05) is 23.7 Å². The molecule has 1 aromatic carbocycles. The van der Waals surface area contributed by atoms with Crippen LogP contribution in [0.2, 0.25) is 0 Å². The van der Waals surface area contributed by atoms with Gasteiger partial charge in [0.2, 0.25) is 5.91 Å². The number of aryl methyl sites for hydroxylation is 1. The number of carbonyl (C=O) groups is 2. The maximum absolute atomic E-state index is 12.5. The maximum Gasteiger partial charge on any atom is 0.322 e. The zero-order chi connectivity index (χ0) is 18.4. The van der Waals surface area contributed by atoms with E-state index in [2.05, 4.69) is 31.7 Å². The Morgan fingerprint density at radius 2 is 2.04 bits per heavy atom. The second kappa shape index (κ2) is 8.66. The molecule has 134 valence electrons. The highest BCUT2D eigenvalue weighted by atomic mass is 79.9. The van der Waals surface area contributed by atoms with Crippen molar-refractivity contribution in [3.05, 3.63) is 40.6 Å². The van der Waals surface area contributed by atoms with Gasteiger partial charge in [-0.05, 0) is 31.0 Å². The molecule has 0 aliphatic heterocycles. The fourth-order valence-electron chi connectivity index (χ4n) is 2.21. The van der Waals surface area contributed by atoms with Crippen LogP contribution in [-0.4, -0.2) is 35.1 Å². The van der Waals surface area contributed by atoms with Crippen LogP contribution in [0.3, 0.4) is 0 Å². The molecular formula is C17H21BrN4O3. The van der Waals surface area contributed by atoms with Gasteiger partial charge in [-0.2, -0.15) is 0 Å². The number of hydrogen-bond acceptors (Lipinski definition) is 4. The highest BCUT2D eigenvalue weighted by Gasteiger charge is 2.19. The molecule has 0 atom stereocenters. The van der Waals surface area contributed by atoms with E-state index in [4.69, 9.17) is 4.52 Å². The summed E-state index contributed by atoms with van der Waals surface area (Å²) < 4.78 is 5.77. The van der Waals surface area contributed by atoms with Crippen LogP contribution in [0.5, 0.6) is 0 Å². The normalized spacial score (nSPS) is 10.6. The minimum Gasteiger partial charge on any atom is -0.360 e. The molecule has 8 heteroatoms. The maximum atomic E-state index is 12.5. The van der Waals surface area contributed by atoms with Crippen molar-refractivity contribution in [2.24, 2.45) is 5.92 Å². The zero-order valence-electron chi connectivity index (χ0n) is 14.4. The molecule has 0 saturated carbocycles. The van der Waals surface area contributed by atoms with E-state index in [1.54, 1.807) is 25.1 Å². The van der Waals surface area contributed by atoms with E-state index >= 15 is 0 Å². The highest BCUT2D eigenvalue weighted by molar-refractivity contribution is 9.10. The molecule has 0 spiro atoms. The fourth-order valence-corrected chi connectivity index (χ4v) is 2.61. The monoisotopic (exact) mass is 408 g/mol. The first kappa shape index (κ1) is 19.0. The third-order valence-electron chi connectivity index (χ3n) is 3.18. The number of amides is 3. The molecule has 1 aromatic heterocycles. The fraction of sp³-hybridized carbons (Fsp3) is 0.353. The van der Waals surface area contributed by atoms with E-state index in [1.165, 1.54) is 4.90 Å². The van der Waals surface area contributed by atoms with Gasteiger partial charge in [0.25, 0.3) is 0 Å². The number of carbonyl (C=O) groups excluding carboxylic acids is 2. The quantitative estimate of drug-likeness (QED) is 0.758. The van der Waals surface area contributed by atoms with Crippen molar-refractivity contribution in [1.29, 1.82) is 0 Å². The lowest BCUT2D eigenvalue weighted by atomic mass is 10.2. The van der Waals surface area contributed by atoms with E-state index < -0.39 is 0 Å². The Morgan fingerprint density at radius 3 is 2.64 bits per heavy atom. The van der Waals surface area contributed by atoms with Crippen molar-refractivity contribution in [3.63, 3.8) is 0 Å². The van der Waals surface area contributed by atoms with Crippen LogP contribution in [0.25, 0.3) is 0 Å². The van der Waals surface area contributed by atoms with Crippen LogP contribution in [0.1, 0.15) is 19.6 Å². The lowest BCUT2D eigenvalue weighted by Gasteiger charge is -2.24. The number of urea groups is 1. The first-order valence-electron chi connectivity index (χ1n) is 7.88. The average molecular weight is 409 g/mol. The molecule has 2 N–H and O–H groups in total. The van der Waals surface area contributed by atoms with E-state index in [9.17, 15) is 9.59 Å². The van der Waals surface area contributed by atoms with Gasteiger partial charge in [-0.3, -0.25) is 4.79 Å². The number of aromatic nitrogens is 1. The van der Waals surface area contributed by atoms with Crippen molar-refractivity contribution >= 4 is 39.4 Å². The van der Waals surface area contributed by atoms with Crippen LogP contribution in [0.15, 0.2) is 39.3 Å². The van der Waals surface area contributed by atoms with Crippen molar-refractivity contribution in [3.8, 4) is 0 Å². The molecule has 0 radical (unpaired) electrons. The largest absolute Gasteiger partial charge is 0.360 e. The SMILES string of the molecule is Cc1cc(NC(=O)CN(CC(C)C)C(=O)Nc2cccc(Br)c2)no1. The van der Waals surface area contributed by atoms with Gasteiger partial charge in [-0.25, -0.2) is 4.79 Å². The number of benzene rings is 1. The second-order valence-corrected chi connectivity index (χ2v) is 7.00. The summed E-state index contributed by atoms with van der Waals surface area (Å²) in [6.45, 7) is 6.07. The molecule has 0 aliphatic rings. The minimum atomic E-state index is -0.335. The standard InChI is InChI=1S/C17H21BrN4O3/c1-11(2)9-22(10-16(23)20-15-7-12(3)25-21-15)17(24)19-14-6-4-5-13(18)8-14/h4-8,11H,9-10H2,1-3H3,(H,19,24)(H,20,21,23). The predicted molar refractivity (Wildman–Crippen MR) is 99.4 cm³/mol. The molecule has 3 amide bonds. The Kier molecular flexibility index (Phi) is 6.58. The Bertz CT molecular complexity index is 745. The molecule has 1 heterocycles. The topological polar surface area (TPSA) is 87.5 Å². The molecular weight excluding hydrogens is 388 g/mol. The van der Waals surface area contributed by atoms with Gasteiger partial charge in [-0.15, -0.1) is 0 Å². The lowest BCUT2D eigenvalue weighted by Crippen LogP contribution is -2.42. The summed E-state index contributed by atoms with van der Waals surface area (Å²) in [6.07, 6.45) is 0. The second-order valence-electron chi connectivity index (χ2n) is 6.09. The van der Waals surface area contributed by atoms with E-state index in [0.717, 1.165) is 4.47 Å². The number of hydrogen-bond donors (Lipinski definition) is 2. The van der Waals surface area contributed by atoms with E-state index in [0.29, 0.717) is 23.8 Å². The van der Waals surface area contributed by atoms with Crippen molar-refractivity contribution in [1.82, 2.24) is 10.1 Å². The molecule has 0 aliphatic carbocycles. The Hall–Kier alpha value is -2.35. The Labute approximate surface area is 154 Å². The first-order chi connectivity index (χ1) is 11.8. The third-order valence-corrected chi connectivity index (χ3v) is 3.67. The average Bonchev–Trinajstić information content (AvgIpc) is 2.91. The molecule has 0 saturated heterocycles. The number of nitrogens with one attached hydrogen (secondary N) is 2. The van der Waals surface area contributed by atoms with Crippen molar-refractivity contribution < 1.29 is 14.1 Å². The molecule has 2 aromatic rings. The van der Waals surface area contributed by atoms with Gasteiger partial charge < -0.3 is 20.1 Å². The third kappa shape index (κ3) is 6.22. The summed E-state index contributed by atoms with van der Waals surface area (Å²) in [6, 6.07) is 8.56. The van der Waals surface area contributed by atoms with Gasteiger partial charge >= 0.3 is 6.03 Å². The summed E-state index contributed by atoms with van der Waals surface area (Å²) in [5, 5.41) is 9.14. The Morgan fingerprint density at radius 1 is 1.28 bits per heavy atom. The van der Waals surface area contributed by atoms with Gasteiger partial charge in [0.15, 0.2) is 5.82 Å². The smallest absolute Gasteiger partial charge is 0.322 e. The minimum absolute atomic E-state index is 0.0794. The van der Waals surface area contributed by atoms with Crippen LogP contribution < -0.4 is 10.6 Å². The number of anilines is 2. The zero-order valence-corrected chi connectivity index (χ0v) is 16.0. The number of rotatable bonds is 6. The predicted octanol–water partition coefficient (Wildman–Crippen LogP) is 3.87. The van der Waals surface area contributed by atoms with E-state index in [-0.39, 0.29) is 24.4 Å². The molecule has 0 bridgehead atoms. The summed E-state index contributed by atoms with van der Waals surface area (Å²) in [4.78, 5) is 26.2. The van der Waals surface area contributed by atoms with E-state index in [1.807, 2.05) is 26.0 Å². The highest BCUT2D eigenvalue weighted by Crippen LogP contribution is 2.16. The summed E-state index contributed by atoms with van der Waals surface area (Å²) in [7, 11) is 0. The van der Waals surface area contributed by atoms with Gasteiger partial charge in [0, 0.05) is 22.8 Å². The molecule has 25 heavy (non-hydrogen) atoms.